The van der Waals surface area contributed by atoms with E-state index in [1.807, 2.05) is 38.1 Å². The van der Waals surface area contributed by atoms with E-state index in [4.69, 9.17) is 4.74 Å². The number of carbonyl (C=O) groups is 3. The van der Waals surface area contributed by atoms with Crippen molar-refractivity contribution in [2.24, 2.45) is 0 Å². The first-order chi connectivity index (χ1) is 17.8. The van der Waals surface area contributed by atoms with Crippen LogP contribution in [-0.4, -0.2) is 54.4 Å². The van der Waals surface area contributed by atoms with Crippen molar-refractivity contribution >= 4 is 51.6 Å². The molecular weight excluding hydrogens is 506 g/mol. The highest BCUT2D eigenvalue weighted by molar-refractivity contribution is 7.13. The van der Waals surface area contributed by atoms with Crippen molar-refractivity contribution in [1.82, 2.24) is 4.98 Å². The summed E-state index contributed by atoms with van der Waals surface area (Å²) in [5, 5.41) is 17.4. The predicted molar refractivity (Wildman–Crippen MR) is 151 cm³/mol. The van der Waals surface area contributed by atoms with Gasteiger partial charge < -0.3 is 20.1 Å². The van der Waals surface area contributed by atoms with Crippen LogP contribution in [0.3, 0.4) is 0 Å². The first kappa shape index (κ1) is 28.5. The van der Waals surface area contributed by atoms with Gasteiger partial charge in [0, 0.05) is 49.5 Å². The summed E-state index contributed by atoms with van der Waals surface area (Å²) in [5.74, 6) is -0.254. The lowest BCUT2D eigenvalue weighted by molar-refractivity contribution is 0.0635. The lowest BCUT2D eigenvalue weighted by atomic mass is 10.1. The van der Waals surface area contributed by atoms with Crippen LogP contribution in [-0.2, 0) is 11.2 Å². The Bertz CT molecular complexity index is 1300. The van der Waals surface area contributed by atoms with Gasteiger partial charge in [-0.2, -0.15) is 0 Å². The number of hydrogen-bond acceptors (Lipinski definition) is 7. The number of thiazole rings is 1. The van der Waals surface area contributed by atoms with E-state index in [-0.39, 0.29) is 12.5 Å². The molecule has 0 unspecified atom stereocenters. The minimum absolute atomic E-state index is 0.159. The quantitative estimate of drug-likeness (QED) is 0.328. The number of anilines is 4. The fourth-order valence-electron chi connectivity index (χ4n) is 3.56. The number of rotatable bonds is 8. The molecule has 2 aromatic carbocycles. The number of carboxylic acid groups (broad SMARTS) is 1. The lowest BCUT2D eigenvalue weighted by Crippen LogP contribution is -2.31. The Labute approximate surface area is 226 Å². The largest absolute Gasteiger partial charge is 0.465 e. The Balaban J connectivity index is 1.63. The molecule has 0 saturated heterocycles. The van der Waals surface area contributed by atoms with Crippen molar-refractivity contribution in [3.05, 3.63) is 64.7 Å². The second-order valence-corrected chi connectivity index (χ2v) is 10.7. The number of hydrogen-bond donors (Lipinski definition) is 3. The van der Waals surface area contributed by atoms with E-state index in [0.717, 1.165) is 11.3 Å². The molecule has 0 fully saturated rings. The highest BCUT2D eigenvalue weighted by atomic mass is 32.1. The van der Waals surface area contributed by atoms with Gasteiger partial charge in [-0.25, -0.2) is 14.6 Å². The Hall–Kier alpha value is -4.12. The topological polar surface area (TPSA) is 124 Å². The molecule has 0 bridgehead atoms. The van der Waals surface area contributed by atoms with Crippen LogP contribution in [0.2, 0.25) is 0 Å². The molecule has 1 aromatic heterocycles. The Kier molecular flexibility index (Phi) is 8.95. The SMILES string of the molecule is Cc1ccc(C(=O)Nc2ccc(N(CCc3csc(NC(=O)OC(C)(C)C)n3)C(=O)O)cc2)c(N(C)C)c1. The van der Waals surface area contributed by atoms with Gasteiger partial charge in [-0.3, -0.25) is 15.0 Å². The molecule has 202 valence electrons. The van der Waals surface area contributed by atoms with Crippen LogP contribution in [0.25, 0.3) is 0 Å². The van der Waals surface area contributed by atoms with Crippen molar-refractivity contribution in [1.29, 1.82) is 0 Å². The van der Waals surface area contributed by atoms with Crippen molar-refractivity contribution in [2.45, 2.75) is 39.7 Å². The van der Waals surface area contributed by atoms with Gasteiger partial charge in [0.05, 0.1) is 11.3 Å². The molecule has 0 aliphatic heterocycles. The van der Waals surface area contributed by atoms with E-state index in [9.17, 15) is 19.5 Å². The zero-order valence-corrected chi connectivity index (χ0v) is 23.2. The molecule has 0 aliphatic carbocycles. The van der Waals surface area contributed by atoms with Gasteiger partial charge in [-0.1, -0.05) is 6.07 Å². The van der Waals surface area contributed by atoms with Gasteiger partial charge in [0.2, 0.25) is 0 Å². The maximum Gasteiger partial charge on any atom is 0.413 e. The molecule has 10 nitrogen and oxygen atoms in total. The van der Waals surface area contributed by atoms with Gasteiger partial charge in [0.25, 0.3) is 5.91 Å². The summed E-state index contributed by atoms with van der Waals surface area (Å²) in [4.78, 5) is 44.2. The van der Waals surface area contributed by atoms with Crippen molar-refractivity contribution in [3.63, 3.8) is 0 Å². The van der Waals surface area contributed by atoms with Gasteiger partial charge in [-0.05, 0) is 69.7 Å². The Morgan fingerprint density at radius 3 is 2.34 bits per heavy atom. The van der Waals surface area contributed by atoms with Crippen LogP contribution in [0.15, 0.2) is 47.8 Å². The van der Waals surface area contributed by atoms with Gasteiger partial charge in [0.1, 0.15) is 5.60 Å². The summed E-state index contributed by atoms with van der Waals surface area (Å²) in [6.45, 7) is 7.44. The third-order valence-electron chi connectivity index (χ3n) is 5.30. The number of aromatic nitrogens is 1. The zero-order chi connectivity index (χ0) is 28.0. The standard InChI is InChI=1S/C27H33N5O5S/c1-17-7-12-21(22(15-17)31(5)6)23(33)28-18-8-10-20(11-9-18)32(26(35)36)14-13-19-16-38-24(29-19)30-25(34)37-27(2,3)4/h7-12,15-16H,13-14H2,1-6H3,(H,28,33)(H,35,36)(H,29,30,34). The summed E-state index contributed by atoms with van der Waals surface area (Å²) >= 11 is 1.24. The monoisotopic (exact) mass is 539 g/mol. The van der Waals surface area contributed by atoms with Gasteiger partial charge >= 0.3 is 12.2 Å². The molecule has 0 radical (unpaired) electrons. The van der Waals surface area contributed by atoms with E-state index < -0.39 is 17.8 Å². The molecule has 11 heteroatoms. The Morgan fingerprint density at radius 1 is 1.05 bits per heavy atom. The Morgan fingerprint density at radius 2 is 1.74 bits per heavy atom. The van der Waals surface area contributed by atoms with Crippen LogP contribution in [0.5, 0.6) is 0 Å². The van der Waals surface area contributed by atoms with Crippen molar-refractivity contribution in [3.8, 4) is 0 Å². The fourth-order valence-corrected chi connectivity index (χ4v) is 4.29. The molecule has 0 atom stereocenters. The number of carbonyl (C=O) groups excluding carboxylic acids is 2. The van der Waals surface area contributed by atoms with Crippen molar-refractivity contribution in [2.75, 3.05) is 41.1 Å². The number of benzene rings is 2. The molecule has 3 rings (SSSR count). The van der Waals surface area contributed by atoms with E-state index in [1.54, 1.807) is 56.5 Å². The number of amides is 3. The smallest absolute Gasteiger partial charge is 0.413 e. The molecule has 0 saturated carbocycles. The lowest BCUT2D eigenvalue weighted by Gasteiger charge is -2.20. The molecule has 38 heavy (non-hydrogen) atoms. The summed E-state index contributed by atoms with van der Waals surface area (Å²) in [6, 6.07) is 12.2. The third-order valence-corrected chi connectivity index (χ3v) is 6.11. The fraction of sp³-hybridized carbons (Fsp3) is 0.333. The van der Waals surface area contributed by atoms with E-state index in [0.29, 0.717) is 34.2 Å². The van der Waals surface area contributed by atoms with Gasteiger partial charge in [0.15, 0.2) is 5.13 Å². The first-order valence-corrected chi connectivity index (χ1v) is 12.8. The second kappa shape index (κ2) is 12.0. The van der Waals surface area contributed by atoms with E-state index in [1.165, 1.54) is 16.2 Å². The van der Waals surface area contributed by atoms with Crippen LogP contribution in [0, 0.1) is 6.92 Å². The van der Waals surface area contributed by atoms with Gasteiger partial charge in [-0.15, -0.1) is 11.3 Å². The average Bonchev–Trinajstić information content (AvgIpc) is 3.25. The number of aryl methyl sites for hydroxylation is 1. The maximum atomic E-state index is 12.9. The van der Waals surface area contributed by atoms with Crippen LogP contribution in [0.4, 0.5) is 31.8 Å². The van der Waals surface area contributed by atoms with Crippen molar-refractivity contribution < 1.29 is 24.2 Å². The summed E-state index contributed by atoms with van der Waals surface area (Å²) in [5.41, 5.74) is 3.43. The predicted octanol–water partition coefficient (Wildman–Crippen LogP) is 5.84. The molecule has 0 spiro atoms. The molecule has 0 aliphatic rings. The van der Waals surface area contributed by atoms with Crippen LogP contribution in [0.1, 0.15) is 42.4 Å². The summed E-state index contributed by atoms with van der Waals surface area (Å²) in [6.07, 6.45) is -1.37. The second-order valence-electron chi connectivity index (χ2n) is 9.87. The van der Waals surface area contributed by atoms with Crippen LogP contribution < -0.4 is 20.4 Å². The molecule has 3 N–H and O–H groups in total. The number of nitrogens with one attached hydrogen (secondary N) is 2. The van der Waals surface area contributed by atoms with E-state index >= 15 is 0 Å². The summed E-state index contributed by atoms with van der Waals surface area (Å²) < 4.78 is 5.22. The average molecular weight is 540 g/mol. The molecule has 3 aromatic rings. The first-order valence-electron chi connectivity index (χ1n) is 12.0. The highest BCUT2D eigenvalue weighted by Crippen LogP contribution is 2.24. The third kappa shape index (κ3) is 7.94. The minimum atomic E-state index is -1.11. The minimum Gasteiger partial charge on any atom is -0.465 e. The molecule has 1 heterocycles. The number of ether oxygens (including phenoxy) is 1. The summed E-state index contributed by atoms with van der Waals surface area (Å²) in [7, 11) is 3.76. The maximum absolute atomic E-state index is 12.9. The van der Waals surface area contributed by atoms with Crippen LogP contribution >= 0.6 is 11.3 Å². The molecular formula is C27H33N5O5S. The number of nitrogens with zero attached hydrogens (tertiary/aromatic N) is 3. The normalized spacial score (nSPS) is 11.0. The zero-order valence-electron chi connectivity index (χ0n) is 22.4. The highest BCUT2D eigenvalue weighted by Gasteiger charge is 2.19. The molecule has 3 amide bonds. The van der Waals surface area contributed by atoms with E-state index in [2.05, 4.69) is 15.6 Å².